The molecular formula is C5H8O2S. The summed E-state index contributed by atoms with van der Waals surface area (Å²) in [5.74, 6) is 0.904. The fourth-order valence-electron chi connectivity index (χ4n) is 0.532. The van der Waals surface area contributed by atoms with Crippen molar-refractivity contribution in [2.75, 3.05) is 11.5 Å². The van der Waals surface area contributed by atoms with Crippen LogP contribution in [0, 0.1) is 5.41 Å². The van der Waals surface area contributed by atoms with Crippen molar-refractivity contribution in [1.29, 1.82) is 0 Å². The SMILES string of the molecule is CC1(C(=O)O)CSC1. The van der Waals surface area contributed by atoms with Gasteiger partial charge in [0.25, 0.3) is 0 Å². The molecule has 46 valence electrons. The lowest BCUT2D eigenvalue weighted by Gasteiger charge is -2.32. The molecule has 1 fully saturated rings. The van der Waals surface area contributed by atoms with Crippen LogP contribution in [-0.2, 0) is 4.79 Å². The van der Waals surface area contributed by atoms with E-state index in [9.17, 15) is 4.79 Å². The Morgan fingerprint density at radius 1 is 1.75 bits per heavy atom. The molecule has 0 atom stereocenters. The van der Waals surface area contributed by atoms with Gasteiger partial charge >= 0.3 is 5.97 Å². The van der Waals surface area contributed by atoms with Gasteiger partial charge in [-0.1, -0.05) is 0 Å². The van der Waals surface area contributed by atoms with Crippen LogP contribution in [0.3, 0.4) is 0 Å². The smallest absolute Gasteiger partial charge is 0.311 e. The number of carboxylic acid groups (broad SMARTS) is 1. The maximum Gasteiger partial charge on any atom is 0.311 e. The lowest BCUT2D eigenvalue weighted by atomic mass is 9.96. The lowest BCUT2D eigenvalue weighted by molar-refractivity contribution is -0.145. The molecule has 1 aliphatic heterocycles. The van der Waals surface area contributed by atoms with Crippen molar-refractivity contribution in [3.63, 3.8) is 0 Å². The first-order valence-electron chi connectivity index (χ1n) is 2.46. The number of hydrogen-bond acceptors (Lipinski definition) is 2. The average Bonchev–Trinajstić information content (AvgIpc) is 1.60. The summed E-state index contributed by atoms with van der Waals surface area (Å²) in [5, 5.41) is 8.48. The molecule has 1 rings (SSSR count). The van der Waals surface area contributed by atoms with Crippen molar-refractivity contribution >= 4 is 17.7 Å². The Morgan fingerprint density at radius 2 is 2.25 bits per heavy atom. The van der Waals surface area contributed by atoms with Gasteiger partial charge in [0, 0.05) is 11.5 Å². The van der Waals surface area contributed by atoms with Gasteiger partial charge in [0.1, 0.15) is 0 Å². The van der Waals surface area contributed by atoms with E-state index in [1.165, 1.54) is 0 Å². The van der Waals surface area contributed by atoms with E-state index >= 15 is 0 Å². The Hall–Kier alpha value is -0.180. The predicted octanol–water partition coefficient (Wildman–Crippen LogP) is 0.824. The minimum Gasteiger partial charge on any atom is -0.481 e. The first-order valence-corrected chi connectivity index (χ1v) is 3.62. The van der Waals surface area contributed by atoms with Crippen molar-refractivity contribution < 1.29 is 9.90 Å². The summed E-state index contributed by atoms with van der Waals surface area (Å²) < 4.78 is 0. The number of carbonyl (C=O) groups is 1. The van der Waals surface area contributed by atoms with Crippen molar-refractivity contribution in [3.05, 3.63) is 0 Å². The highest BCUT2D eigenvalue weighted by Gasteiger charge is 2.40. The second-order valence-corrected chi connectivity index (χ2v) is 3.34. The zero-order valence-corrected chi connectivity index (χ0v) is 5.49. The van der Waals surface area contributed by atoms with Gasteiger partial charge in [-0.3, -0.25) is 4.79 Å². The van der Waals surface area contributed by atoms with E-state index in [0.717, 1.165) is 11.5 Å². The molecule has 2 nitrogen and oxygen atoms in total. The zero-order valence-electron chi connectivity index (χ0n) is 4.68. The van der Waals surface area contributed by atoms with E-state index in [2.05, 4.69) is 0 Å². The summed E-state index contributed by atoms with van der Waals surface area (Å²) in [4.78, 5) is 10.3. The summed E-state index contributed by atoms with van der Waals surface area (Å²) in [6, 6.07) is 0. The van der Waals surface area contributed by atoms with Gasteiger partial charge in [-0.15, -0.1) is 0 Å². The average molecular weight is 132 g/mol. The maximum atomic E-state index is 10.3. The van der Waals surface area contributed by atoms with Crippen LogP contribution in [0.2, 0.25) is 0 Å². The molecule has 1 aliphatic rings. The highest BCUT2D eigenvalue weighted by atomic mass is 32.2. The Balaban J connectivity index is 2.53. The van der Waals surface area contributed by atoms with E-state index in [-0.39, 0.29) is 0 Å². The van der Waals surface area contributed by atoms with E-state index in [1.54, 1.807) is 18.7 Å². The van der Waals surface area contributed by atoms with Crippen molar-refractivity contribution in [3.8, 4) is 0 Å². The van der Waals surface area contributed by atoms with Crippen LogP contribution in [0.15, 0.2) is 0 Å². The number of thioether (sulfide) groups is 1. The van der Waals surface area contributed by atoms with Gasteiger partial charge in [0.05, 0.1) is 5.41 Å². The zero-order chi connectivity index (χ0) is 6.20. The number of aliphatic carboxylic acids is 1. The second-order valence-electron chi connectivity index (χ2n) is 2.36. The fourth-order valence-corrected chi connectivity index (χ4v) is 1.60. The molecule has 0 aliphatic carbocycles. The predicted molar refractivity (Wildman–Crippen MR) is 33.1 cm³/mol. The third-order valence-electron chi connectivity index (χ3n) is 1.36. The van der Waals surface area contributed by atoms with E-state index in [4.69, 9.17) is 5.11 Å². The van der Waals surface area contributed by atoms with Gasteiger partial charge in [-0.25, -0.2) is 0 Å². The molecule has 0 aromatic rings. The molecule has 0 radical (unpaired) electrons. The third-order valence-corrected chi connectivity index (χ3v) is 3.04. The fraction of sp³-hybridized carbons (Fsp3) is 0.800. The monoisotopic (exact) mass is 132 g/mol. The standard InChI is InChI=1S/C5H8O2S/c1-5(4(6)7)2-8-3-5/h2-3H2,1H3,(H,6,7). The van der Waals surface area contributed by atoms with Crippen LogP contribution in [0.4, 0.5) is 0 Å². The van der Waals surface area contributed by atoms with Gasteiger partial charge in [-0.05, 0) is 6.92 Å². The third kappa shape index (κ3) is 0.708. The van der Waals surface area contributed by atoms with Crippen LogP contribution in [0.25, 0.3) is 0 Å². The Labute approximate surface area is 52.3 Å². The van der Waals surface area contributed by atoms with Crippen LogP contribution in [0.5, 0.6) is 0 Å². The van der Waals surface area contributed by atoms with E-state index in [1.807, 2.05) is 0 Å². The van der Waals surface area contributed by atoms with Gasteiger partial charge in [-0.2, -0.15) is 11.8 Å². The molecule has 0 aromatic heterocycles. The van der Waals surface area contributed by atoms with E-state index in [0.29, 0.717) is 0 Å². The molecule has 8 heavy (non-hydrogen) atoms. The van der Waals surface area contributed by atoms with Crippen molar-refractivity contribution in [2.24, 2.45) is 5.41 Å². The molecule has 0 unspecified atom stereocenters. The summed E-state index contributed by atoms with van der Waals surface area (Å²) in [5.41, 5.74) is -0.398. The summed E-state index contributed by atoms with van der Waals surface area (Å²) >= 11 is 1.69. The van der Waals surface area contributed by atoms with Gasteiger partial charge in [0.15, 0.2) is 0 Å². The molecular weight excluding hydrogens is 124 g/mol. The Kier molecular flexibility index (Phi) is 1.23. The van der Waals surface area contributed by atoms with Gasteiger partial charge in [0.2, 0.25) is 0 Å². The first kappa shape index (κ1) is 5.95. The van der Waals surface area contributed by atoms with Gasteiger partial charge < -0.3 is 5.11 Å². The molecule has 0 saturated carbocycles. The normalized spacial score (nSPS) is 24.1. The molecule has 1 N–H and O–H groups in total. The van der Waals surface area contributed by atoms with Crippen LogP contribution in [0.1, 0.15) is 6.92 Å². The largest absolute Gasteiger partial charge is 0.481 e. The first-order chi connectivity index (χ1) is 3.65. The molecule has 0 amide bonds. The van der Waals surface area contributed by atoms with Crippen LogP contribution >= 0.6 is 11.8 Å². The molecule has 0 bridgehead atoms. The minimum absolute atomic E-state index is 0.398. The Bertz CT molecular complexity index is 118. The molecule has 3 heteroatoms. The maximum absolute atomic E-state index is 10.3. The van der Waals surface area contributed by atoms with Crippen molar-refractivity contribution in [1.82, 2.24) is 0 Å². The highest BCUT2D eigenvalue weighted by Crippen LogP contribution is 2.37. The summed E-state index contributed by atoms with van der Waals surface area (Å²) in [6.07, 6.45) is 0. The number of carboxylic acids is 1. The minimum atomic E-state index is -0.656. The van der Waals surface area contributed by atoms with Crippen LogP contribution < -0.4 is 0 Å². The molecule has 0 aromatic carbocycles. The molecule has 1 saturated heterocycles. The van der Waals surface area contributed by atoms with Crippen molar-refractivity contribution in [2.45, 2.75) is 6.92 Å². The Morgan fingerprint density at radius 3 is 2.25 bits per heavy atom. The second kappa shape index (κ2) is 1.65. The topological polar surface area (TPSA) is 37.3 Å². The highest BCUT2D eigenvalue weighted by molar-refractivity contribution is 8.00. The summed E-state index contributed by atoms with van der Waals surface area (Å²) in [7, 11) is 0. The lowest BCUT2D eigenvalue weighted by Crippen LogP contribution is -2.40. The summed E-state index contributed by atoms with van der Waals surface area (Å²) in [6.45, 7) is 1.78. The quantitative estimate of drug-likeness (QED) is 0.574. The van der Waals surface area contributed by atoms with E-state index < -0.39 is 11.4 Å². The number of hydrogen-bond donors (Lipinski definition) is 1. The molecule has 1 heterocycles. The number of rotatable bonds is 1. The molecule has 0 spiro atoms. The van der Waals surface area contributed by atoms with Crippen LogP contribution in [-0.4, -0.2) is 22.6 Å².